The molecule has 0 aliphatic heterocycles. The van der Waals surface area contributed by atoms with E-state index in [0.717, 1.165) is 11.2 Å². The van der Waals surface area contributed by atoms with Crippen LogP contribution in [0.2, 0.25) is 0 Å². The van der Waals surface area contributed by atoms with Crippen LogP contribution in [0.3, 0.4) is 0 Å². The van der Waals surface area contributed by atoms with E-state index >= 15 is 0 Å². The summed E-state index contributed by atoms with van der Waals surface area (Å²) >= 11 is 0. The van der Waals surface area contributed by atoms with Gasteiger partial charge in [-0.05, 0) is 12.8 Å². The van der Waals surface area contributed by atoms with E-state index < -0.39 is 0 Å². The van der Waals surface area contributed by atoms with Crippen LogP contribution in [-0.2, 0) is 0 Å². The number of rotatable bonds is 2. The Morgan fingerprint density at radius 1 is 1.43 bits per heavy atom. The van der Waals surface area contributed by atoms with Crippen molar-refractivity contribution in [3.63, 3.8) is 0 Å². The number of fused-ring (bicyclic) bond motifs is 1. The Bertz CT molecular complexity index is 472. The summed E-state index contributed by atoms with van der Waals surface area (Å²) in [4.78, 5) is 8.18. The third-order valence-corrected chi connectivity index (χ3v) is 2.25. The zero-order chi connectivity index (χ0) is 9.54. The molecule has 6 heteroatoms. The molecule has 0 aromatic carbocycles. The van der Waals surface area contributed by atoms with Gasteiger partial charge >= 0.3 is 0 Å². The van der Waals surface area contributed by atoms with Crippen LogP contribution in [-0.4, -0.2) is 26.2 Å². The molecule has 0 atom stereocenters. The van der Waals surface area contributed by atoms with Crippen LogP contribution in [0.25, 0.3) is 11.0 Å². The van der Waals surface area contributed by atoms with Crippen LogP contribution < -0.4 is 11.1 Å². The fourth-order valence-electron chi connectivity index (χ4n) is 1.38. The number of nitrogens with zero attached hydrogens (tertiary/aromatic N) is 3. The first-order chi connectivity index (χ1) is 6.83. The maximum Gasteiger partial charge on any atom is 0.224 e. The van der Waals surface area contributed by atoms with Crippen molar-refractivity contribution in [3.05, 3.63) is 6.20 Å². The summed E-state index contributed by atoms with van der Waals surface area (Å²) in [5, 5.41) is 10.9. The van der Waals surface area contributed by atoms with Gasteiger partial charge in [-0.3, -0.25) is 5.10 Å². The monoisotopic (exact) mass is 190 g/mol. The highest BCUT2D eigenvalue weighted by Gasteiger charge is 2.22. The quantitative estimate of drug-likeness (QED) is 0.641. The largest absolute Gasteiger partial charge is 0.368 e. The minimum absolute atomic E-state index is 0.268. The SMILES string of the molecule is Nc1nc(NC2CC2)c2cn[nH]c2n1. The normalized spacial score (nSPS) is 16.0. The minimum atomic E-state index is 0.268. The van der Waals surface area contributed by atoms with Gasteiger partial charge in [0.1, 0.15) is 5.82 Å². The molecular formula is C8H10N6. The van der Waals surface area contributed by atoms with E-state index in [2.05, 4.69) is 25.5 Å². The van der Waals surface area contributed by atoms with E-state index in [1.807, 2.05) is 0 Å². The molecule has 3 rings (SSSR count). The highest BCUT2D eigenvalue weighted by atomic mass is 15.2. The summed E-state index contributed by atoms with van der Waals surface area (Å²) < 4.78 is 0. The molecule has 0 bridgehead atoms. The van der Waals surface area contributed by atoms with Crippen molar-refractivity contribution in [1.29, 1.82) is 0 Å². The van der Waals surface area contributed by atoms with Gasteiger partial charge in [0.2, 0.25) is 5.95 Å². The molecule has 0 saturated heterocycles. The molecule has 1 saturated carbocycles. The molecule has 2 aromatic heterocycles. The summed E-state index contributed by atoms with van der Waals surface area (Å²) in [7, 11) is 0. The van der Waals surface area contributed by atoms with Gasteiger partial charge in [0.05, 0.1) is 11.6 Å². The standard InChI is InChI=1S/C8H10N6/c9-8-12-6(11-4-1-2-4)5-3-10-14-7(5)13-8/h3-4H,1-2H2,(H4,9,10,11,12,13,14). The highest BCUT2D eigenvalue weighted by molar-refractivity contribution is 5.86. The molecule has 14 heavy (non-hydrogen) atoms. The van der Waals surface area contributed by atoms with Gasteiger partial charge in [-0.15, -0.1) is 0 Å². The zero-order valence-corrected chi connectivity index (χ0v) is 7.49. The van der Waals surface area contributed by atoms with Crippen molar-refractivity contribution >= 4 is 22.8 Å². The average Bonchev–Trinajstić information content (AvgIpc) is 2.81. The maximum absolute atomic E-state index is 5.57. The van der Waals surface area contributed by atoms with Gasteiger partial charge in [0.25, 0.3) is 0 Å². The lowest BCUT2D eigenvalue weighted by molar-refractivity contribution is 1.08. The summed E-state index contributed by atoms with van der Waals surface area (Å²) in [5.41, 5.74) is 6.25. The topological polar surface area (TPSA) is 92.5 Å². The molecule has 72 valence electrons. The van der Waals surface area contributed by atoms with E-state index in [9.17, 15) is 0 Å². The first-order valence-corrected chi connectivity index (χ1v) is 4.56. The van der Waals surface area contributed by atoms with Crippen LogP contribution in [0.1, 0.15) is 12.8 Å². The number of aromatic amines is 1. The predicted octanol–water partition coefficient (Wildman–Crippen LogP) is 0.509. The molecule has 6 nitrogen and oxygen atoms in total. The highest BCUT2D eigenvalue weighted by Crippen LogP contribution is 2.27. The molecule has 4 N–H and O–H groups in total. The second-order valence-corrected chi connectivity index (χ2v) is 3.48. The average molecular weight is 190 g/mol. The maximum atomic E-state index is 5.57. The van der Waals surface area contributed by atoms with Crippen molar-refractivity contribution in [1.82, 2.24) is 20.2 Å². The zero-order valence-electron chi connectivity index (χ0n) is 7.49. The Morgan fingerprint density at radius 3 is 3.07 bits per heavy atom. The molecule has 2 heterocycles. The first-order valence-electron chi connectivity index (χ1n) is 4.56. The number of H-pyrrole nitrogens is 1. The van der Waals surface area contributed by atoms with Gasteiger partial charge in [0, 0.05) is 6.04 Å². The molecular weight excluding hydrogens is 180 g/mol. The Morgan fingerprint density at radius 2 is 2.29 bits per heavy atom. The molecule has 1 fully saturated rings. The van der Waals surface area contributed by atoms with Crippen LogP contribution in [0.15, 0.2) is 6.20 Å². The van der Waals surface area contributed by atoms with Crippen molar-refractivity contribution < 1.29 is 0 Å². The molecule has 2 aromatic rings. The molecule has 0 spiro atoms. The lowest BCUT2D eigenvalue weighted by Gasteiger charge is -2.04. The summed E-state index contributed by atoms with van der Waals surface area (Å²) in [6.07, 6.45) is 4.10. The number of hydrogen-bond donors (Lipinski definition) is 3. The number of nitrogens with two attached hydrogens (primary N) is 1. The number of hydrogen-bond acceptors (Lipinski definition) is 5. The summed E-state index contributed by atoms with van der Waals surface area (Å²) in [6.45, 7) is 0. The summed E-state index contributed by atoms with van der Waals surface area (Å²) in [5.74, 6) is 1.05. The van der Waals surface area contributed by atoms with E-state index in [0.29, 0.717) is 11.7 Å². The molecule has 0 unspecified atom stereocenters. The Labute approximate surface area is 79.9 Å². The van der Waals surface area contributed by atoms with E-state index in [1.54, 1.807) is 6.20 Å². The van der Waals surface area contributed by atoms with Crippen molar-refractivity contribution in [2.75, 3.05) is 11.1 Å². The predicted molar refractivity (Wildman–Crippen MR) is 52.7 cm³/mol. The Kier molecular flexibility index (Phi) is 1.38. The fourth-order valence-corrected chi connectivity index (χ4v) is 1.38. The van der Waals surface area contributed by atoms with Gasteiger partial charge in [-0.25, -0.2) is 0 Å². The van der Waals surface area contributed by atoms with Gasteiger partial charge < -0.3 is 11.1 Å². The minimum Gasteiger partial charge on any atom is -0.368 e. The Hall–Kier alpha value is -1.85. The van der Waals surface area contributed by atoms with Crippen LogP contribution >= 0.6 is 0 Å². The Balaban J connectivity index is 2.13. The number of nitrogen functional groups attached to an aromatic ring is 1. The number of aromatic nitrogens is 4. The van der Waals surface area contributed by atoms with E-state index in [4.69, 9.17) is 5.73 Å². The second-order valence-electron chi connectivity index (χ2n) is 3.48. The summed E-state index contributed by atoms with van der Waals surface area (Å²) in [6, 6.07) is 0.544. The van der Waals surface area contributed by atoms with Crippen LogP contribution in [0.4, 0.5) is 11.8 Å². The molecule has 1 aliphatic rings. The lowest BCUT2D eigenvalue weighted by Crippen LogP contribution is -2.06. The number of anilines is 2. The first kappa shape index (κ1) is 7.54. The van der Waals surface area contributed by atoms with Crippen molar-refractivity contribution in [2.24, 2.45) is 0 Å². The fraction of sp³-hybridized carbons (Fsp3) is 0.375. The van der Waals surface area contributed by atoms with E-state index in [-0.39, 0.29) is 5.95 Å². The van der Waals surface area contributed by atoms with E-state index in [1.165, 1.54) is 12.8 Å². The smallest absolute Gasteiger partial charge is 0.224 e. The molecule has 1 aliphatic carbocycles. The second kappa shape index (κ2) is 2.57. The van der Waals surface area contributed by atoms with Crippen molar-refractivity contribution in [3.8, 4) is 0 Å². The lowest BCUT2D eigenvalue weighted by atomic mass is 10.4. The third kappa shape index (κ3) is 1.15. The number of nitrogens with one attached hydrogen (secondary N) is 2. The molecule has 0 amide bonds. The van der Waals surface area contributed by atoms with Crippen LogP contribution in [0.5, 0.6) is 0 Å². The van der Waals surface area contributed by atoms with Gasteiger partial charge in [0.15, 0.2) is 5.65 Å². The van der Waals surface area contributed by atoms with Crippen molar-refractivity contribution in [2.45, 2.75) is 18.9 Å². The van der Waals surface area contributed by atoms with Gasteiger partial charge in [-0.1, -0.05) is 0 Å². The van der Waals surface area contributed by atoms with Gasteiger partial charge in [-0.2, -0.15) is 15.1 Å². The molecule has 0 radical (unpaired) electrons. The third-order valence-electron chi connectivity index (χ3n) is 2.25. The van der Waals surface area contributed by atoms with Crippen LogP contribution in [0, 0.1) is 0 Å².